The first-order valence-electron chi connectivity index (χ1n) is 4.48. The number of hydrogen-bond acceptors (Lipinski definition) is 3. The van der Waals surface area contributed by atoms with E-state index in [0.29, 0.717) is 6.61 Å². The zero-order chi connectivity index (χ0) is 9.78. The molecule has 0 saturated heterocycles. The third kappa shape index (κ3) is 6.58. The van der Waals surface area contributed by atoms with Gasteiger partial charge in [-0.15, -0.1) is 0 Å². The zero-order valence-corrected chi connectivity index (χ0v) is 8.63. The van der Waals surface area contributed by atoms with Crippen molar-refractivity contribution < 1.29 is 4.74 Å². The first-order chi connectivity index (χ1) is 5.33. The second-order valence-corrected chi connectivity index (χ2v) is 4.23. The van der Waals surface area contributed by atoms with Crippen LogP contribution in [-0.4, -0.2) is 24.3 Å². The van der Waals surface area contributed by atoms with E-state index in [0.717, 1.165) is 6.42 Å². The van der Waals surface area contributed by atoms with E-state index in [1.54, 1.807) is 0 Å². The molecule has 0 spiro atoms. The molecule has 0 bridgehead atoms. The Morgan fingerprint density at radius 2 is 1.67 bits per heavy atom. The Hall–Kier alpha value is -0.120. The van der Waals surface area contributed by atoms with Crippen LogP contribution in [0.4, 0.5) is 0 Å². The molecule has 12 heavy (non-hydrogen) atoms. The normalized spacial score (nSPS) is 17.5. The minimum absolute atomic E-state index is 0.0948. The molecule has 0 saturated carbocycles. The average molecular weight is 174 g/mol. The second kappa shape index (κ2) is 4.80. The van der Waals surface area contributed by atoms with Crippen molar-refractivity contribution >= 4 is 0 Å². The fourth-order valence-corrected chi connectivity index (χ4v) is 1.19. The van der Waals surface area contributed by atoms with E-state index in [1.807, 2.05) is 27.7 Å². The van der Waals surface area contributed by atoms with Crippen molar-refractivity contribution in [2.45, 2.75) is 51.8 Å². The quantitative estimate of drug-likeness (QED) is 0.650. The van der Waals surface area contributed by atoms with E-state index >= 15 is 0 Å². The van der Waals surface area contributed by atoms with Gasteiger partial charge in [0.2, 0.25) is 0 Å². The molecule has 3 nitrogen and oxygen atoms in total. The van der Waals surface area contributed by atoms with Crippen LogP contribution in [0.25, 0.3) is 0 Å². The van der Waals surface area contributed by atoms with Crippen LogP contribution in [0.2, 0.25) is 0 Å². The van der Waals surface area contributed by atoms with Crippen LogP contribution < -0.4 is 11.5 Å². The van der Waals surface area contributed by atoms with Gasteiger partial charge in [-0.2, -0.15) is 0 Å². The third-order valence-corrected chi connectivity index (χ3v) is 1.55. The second-order valence-electron chi connectivity index (χ2n) is 4.23. The maximum Gasteiger partial charge on any atom is 0.0641 e. The van der Waals surface area contributed by atoms with Crippen LogP contribution in [0.1, 0.15) is 34.1 Å². The average Bonchev–Trinajstić information content (AvgIpc) is 1.81. The van der Waals surface area contributed by atoms with E-state index in [-0.39, 0.29) is 17.7 Å². The molecule has 0 rings (SSSR count). The van der Waals surface area contributed by atoms with Gasteiger partial charge in [0.15, 0.2) is 0 Å². The van der Waals surface area contributed by atoms with Gasteiger partial charge in [0.25, 0.3) is 0 Å². The van der Waals surface area contributed by atoms with Gasteiger partial charge in [0.05, 0.1) is 12.2 Å². The van der Waals surface area contributed by atoms with Crippen LogP contribution in [0.5, 0.6) is 0 Å². The van der Waals surface area contributed by atoms with Gasteiger partial charge >= 0.3 is 0 Å². The van der Waals surface area contributed by atoms with Crippen molar-refractivity contribution in [2.24, 2.45) is 11.5 Å². The molecule has 0 fully saturated rings. The van der Waals surface area contributed by atoms with E-state index in [1.165, 1.54) is 0 Å². The molecule has 0 amide bonds. The van der Waals surface area contributed by atoms with Crippen molar-refractivity contribution in [3.63, 3.8) is 0 Å². The van der Waals surface area contributed by atoms with Crippen molar-refractivity contribution in [1.82, 2.24) is 0 Å². The van der Waals surface area contributed by atoms with Gasteiger partial charge in [0, 0.05) is 12.1 Å². The molecular weight excluding hydrogens is 152 g/mol. The molecule has 0 aromatic carbocycles. The summed E-state index contributed by atoms with van der Waals surface area (Å²) < 4.78 is 5.60. The predicted octanol–water partition coefficient (Wildman–Crippen LogP) is 0.866. The van der Waals surface area contributed by atoms with Gasteiger partial charge in [-0.1, -0.05) is 0 Å². The van der Waals surface area contributed by atoms with Crippen molar-refractivity contribution in [3.05, 3.63) is 0 Å². The maximum absolute atomic E-state index is 5.67. The largest absolute Gasteiger partial charge is 0.374 e. The summed E-state index contributed by atoms with van der Waals surface area (Å²) in [6, 6.07) is 0.269. The molecule has 0 aromatic rings. The molecule has 74 valence electrons. The highest BCUT2D eigenvalue weighted by Crippen LogP contribution is 2.15. The molecule has 4 N–H and O–H groups in total. The van der Waals surface area contributed by atoms with E-state index in [4.69, 9.17) is 16.2 Å². The highest BCUT2D eigenvalue weighted by molar-refractivity contribution is 4.74. The Balaban J connectivity index is 3.71. The smallest absolute Gasteiger partial charge is 0.0641 e. The van der Waals surface area contributed by atoms with E-state index < -0.39 is 0 Å². The van der Waals surface area contributed by atoms with Crippen LogP contribution in [-0.2, 0) is 4.74 Å². The highest BCUT2D eigenvalue weighted by Gasteiger charge is 2.20. The lowest BCUT2D eigenvalue weighted by Gasteiger charge is -2.27. The first-order valence-corrected chi connectivity index (χ1v) is 4.48. The maximum atomic E-state index is 5.67. The minimum Gasteiger partial charge on any atom is -0.374 e. The summed E-state index contributed by atoms with van der Waals surface area (Å²) >= 11 is 0. The summed E-state index contributed by atoms with van der Waals surface area (Å²) in [6.45, 7) is 8.59. The van der Waals surface area contributed by atoms with Gasteiger partial charge in [0.1, 0.15) is 0 Å². The van der Waals surface area contributed by atoms with Crippen molar-refractivity contribution in [3.8, 4) is 0 Å². The van der Waals surface area contributed by atoms with Gasteiger partial charge in [-0.05, 0) is 34.1 Å². The Morgan fingerprint density at radius 1 is 1.17 bits per heavy atom. The van der Waals surface area contributed by atoms with Gasteiger partial charge in [-0.3, -0.25) is 0 Å². The lowest BCUT2D eigenvalue weighted by molar-refractivity contribution is -0.0310. The number of hydrogen-bond donors (Lipinski definition) is 2. The summed E-state index contributed by atoms with van der Waals surface area (Å²) in [4.78, 5) is 0. The summed E-state index contributed by atoms with van der Waals surface area (Å²) in [6.07, 6.45) is 0.861. The third-order valence-electron chi connectivity index (χ3n) is 1.55. The lowest BCUT2D eigenvalue weighted by atomic mass is 10.0. The predicted molar refractivity (Wildman–Crippen MR) is 51.9 cm³/mol. The lowest BCUT2D eigenvalue weighted by Crippen LogP contribution is -2.36. The molecular formula is C9H22N2O. The Labute approximate surface area is 75.5 Å². The molecule has 0 aromatic heterocycles. The molecule has 2 atom stereocenters. The number of nitrogens with two attached hydrogens (primary N) is 2. The molecule has 0 aliphatic rings. The fourth-order valence-electron chi connectivity index (χ4n) is 1.19. The zero-order valence-electron chi connectivity index (χ0n) is 8.63. The number of ether oxygens (including phenoxy) is 1. The summed E-state index contributed by atoms with van der Waals surface area (Å²) in [5, 5.41) is 0. The molecule has 0 aliphatic heterocycles. The van der Waals surface area contributed by atoms with Crippen LogP contribution in [0.15, 0.2) is 0 Å². The van der Waals surface area contributed by atoms with Gasteiger partial charge < -0.3 is 16.2 Å². The van der Waals surface area contributed by atoms with Crippen LogP contribution in [0, 0.1) is 0 Å². The first kappa shape index (κ1) is 11.9. The number of rotatable bonds is 5. The Kier molecular flexibility index (Phi) is 4.75. The topological polar surface area (TPSA) is 61.3 Å². The van der Waals surface area contributed by atoms with E-state index in [9.17, 15) is 0 Å². The summed E-state index contributed by atoms with van der Waals surface area (Å²) in [5.41, 5.74) is 11.1. The molecule has 0 radical (unpaired) electrons. The molecule has 3 heteroatoms. The monoisotopic (exact) mass is 174 g/mol. The van der Waals surface area contributed by atoms with Crippen molar-refractivity contribution in [1.29, 1.82) is 0 Å². The highest BCUT2D eigenvalue weighted by atomic mass is 16.5. The Bertz CT molecular complexity index is 122. The molecule has 0 aliphatic carbocycles. The minimum atomic E-state index is -0.151. The van der Waals surface area contributed by atoms with E-state index in [2.05, 4.69) is 0 Å². The van der Waals surface area contributed by atoms with Crippen LogP contribution in [0.3, 0.4) is 0 Å². The Morgan fingerprint density at radius 3 is 2.00 bits per heavy atom. The van der Waals surface area contributed by atoms with Crippen molar-refractivity contribution in [2.75, 3.05) is 6.61 Å². The SMILES string of the molecule is CC(N)COC(C)(C)CC(C)N. The summed E-state index contributed by atoms with van der Waals surface area (Å²) in [7, 11) is 0. The standard InChI is InChI=1S/C9H22N2O/c1-7(10)5-9(3,4)12-6-8(2)11/h7-8H,5-6,10-11H2,1-4H3. The molecule has 0 heterocycles. The van der Waals surface area contributed by atoms with Gasteiger partial charge in [-0.25, -0.2) is 0 Å². The molecule has 2 unspecified atom stereocenters. The summed E-state index contributed by atoms with van der Waals surface area (Å²) in [5.74, 6) is 0. The fraction of sp³-hybridized carbons (Fsp3) is 1.00. The van der Waals surface area contributed by atoms with Crippen LogP contribution >= 0.6 is 0 Å².